The Morgan fingerprint density at radius 3 is 2.52 bits per heavy atom. The molecule has 0 radical (unpaired) electrons. The number of halogens is 1. The van der Waals surface area contributed by atoms with Crippen LogP contribution in [0.25, 0.3) is 0 Å². The first-order valence-corrected chi connectivity index (χ1v) is 10.4. The molecule has 0 aliphatic carbocycles. The van der Waals surface area contributed by atoms with Crippen molar-refractivity contribution in [1.29, 1.82) is 0 Å². The summed E-state index contributed by atoms with van der Waals surface area (Å²) < 4.78 is 29.9. The van der Waals surface area contributed by atoms with Gasteiger partial charge in [0.25, 0.3) is 0 Å². The number of benzene rings is 1. The molecule has 0 N–H and O–H groups in total. The van der Waals surface area contributed by atoms with Crippen molar-refractivity contribution in [2.45, 2.75) is 58.3 Å². The molecule has 0 spiro atoms. The third kappa shape index (κ3) is 7.47. The van der Waals surface area contributed by atoms with Crippen molar-refractivity contribution in [2.75, 3.05) is 7.11 Å². The van der Waals surface area contributed by atoms with E-state index in [1.54, 1.807) is 26.2 Å². The van der Waals surface area contributed by atoms with Crippen LogP contribution in [0, 0.1) is 11.7 Å². The highest BCUT2D eigenvalue weighted by Gasteiger charge is 2.26. The van der Waals surface area contributed by atoms with Gasteiger partial charge in [-0.25, -0.2) is 14.0 Å². The van der Waals surface area contributed by atoms with Gasteiger partial charge in [-0.1, -0.05) is 19.1 Å². The van der Waals surface area contributed by atoms with Crippen LogP contribution in [0.5, 0.6) is 0 Å². The molecule has 0 saturated carbocycles. The number of ether oxygens (including phenoxy) is 3. The standard InChI is InChI=1S/C25H31FO5/c1-17-7-6-8-18(2)22(29-5)13-15-25(4,16-14-23(27)30-19(17)3)31-24(28)20-9-11-21(26)12-10-20/h8-17,19,22H,6-7H2,1-5H3/b15-13+,16-14?,18-8+/t17-,19+,22-,25+/m0/s1. The molecule has 0 amide bonds. The van der Waals surface area contributed by atoms with Crippen molar-refractivity contribution in [3.63, 3.8) is 0 Å². The Morgan fingerprint density at radius 1 is 1.19 bits per heavy atom. The highest BCUT2D eigenvalue weighted by molar-refractivity contribution is 5.90. The van der Waals surface area contributed by atoms with E-state index < -0.39 is 23.4 Å². The van der Waals surface area contributed by atoms with Crippen molar-refractivity contribution in [3.8, 4) is 0 Å². The SMILES string of the molecule is CO[C@H]1/C=C/[C@@](C)(OC(=O)c2ccc(F)cc2)C=CC(=O)O[C@H](C)[C@@H](C)CC/C=C/1C. The zero-order valence-corrected chi connectivity index (χ0v) is 18.8. The molecule has 168 valence electrons. The van der Waals surface area contributed by atoms with E-state index >= 15 is 0 Å². The average molecular weight is 431 g/mol. The van der Waals surface area contributed by atoms with Gasteiger partial charge >= 0.3 is 11.9 Å². The maximum Gasteiger partial charge on any atom is 0.339 e. The van der Waals surface area contributed by atoms with Gasteiger partial charge in [0.1, 0.15) is 17.5 Å². The molecule has 0 saturated heterocycles. The number of carbonyl (C=O) groups is 2. The van der Waals surface area contributed by atoms with Gasteiger partial charge in [-0.2, -0.15) is 0 Å². The van der Waals surface area contributed by atoms with Crippen LogP contribution in [0.3, 0.4) is 0 Å². The molecule has 1 aromatic rings. The molecule has 6 heteroatoms. The molecular weight excluding hydrogens is 399 g/mol. The fourth-order valence-corrected chi connectivity index (χ4v) is 3.16. The lowest BCUT2D eigenvalue weighted by atomic mass is 9.97. The second kappa shape index (κ2) is 11.0. The lowest BCUT2D eigenvalue weighted by molar-refractivity contribution is -0.144. The molecule has 4 atom stereocenters. The summed E-state index contributed by atoms with van der Waals surface area (Å²) in [6, 6.07) is 5.07. The molecule has 0 bridgehead atoms. The van der Waals surface area contributed by atoms with Crippen LogP contribution in [0.4, 0.5) is 4.39 Å². The molecule has 0 fully saturated rings. The Hall–Kier alpha value is -2.73. The van der Waals surface area contributed by atoms with E-state index in [0.717, 1.165) is 18.4 Å². The van der Waals surface area contributed by atoms with Crippen LogP contribution in [0.15, 0.2) is 60.2 Å². The molecule has 5 nitrogen and oxygen atoms in total. The topological polar surface area (TPSA) is 61.8 Å². The Kier molecular flexibility index (Phi) is 8.75. The number of allylic oxidation sites excluding steroid dienone is 1. The van der Waals surface area contributed by atoms with Gasteiger partial charge in [-0.3, -0.25) is 0 Å². The van der Waals surface area contributed by atoms with E-state index in [2.05, 4.69) is 6.08 Å². The minimum absolute atomic E-state index is 0.184. The maximum absolute atomic E-state index is 13.2. The van der Waals surface area contributed by atoms with Crippen molar-refractivity contribution < 1.29 is 28.2 Å². The minimum Gasteiger partial charge on any atom is -0.459 e. The van der Waals surface area contributed by atoms with Crippen molar-refractivity contribution >= 4 is 11.9 Å². The van der Waals surface area contributed by atoms with Crippen LogP contribution in [0.1, 0.15) is 50.9 Å². The summed E-state index contributed by atoms with van der Waals surface area (Å²) in [5.74, 6) is -1.42. The molecule has 1 aliphatic heterocycles. The number of rotatable bonds is 3. The molecule has 1 aromatic carbocycles. The van der Waals surface area contributed by atoms with E-state index in [4.69, 9.17) is 14.2 Å². The van der Waals surface area contributed by atoms with Crippen molar-refractivity contribution in [3.05, 3.63) is 71.6 Å². The predicted molar refractivity (Wildman–Crippen MR) is 117 cm³/mol. The van der Waals surface area contributed by atoms with Gasteiger partial charge in [0.2, 0.25) is 0 Å². The van der Waals surface area contributed by atoms with Crippen LogP contribution < -0.4 is 0 Å². The molecule has 1 aliphatic rings. The summed E-state index contributed by atoms with van der Waals surface area (Å²) in [7, 11) is 1.61. The maximum atomic E-state index is 13.2. The summed E-state index contributed by atoms with van der Waals surface area (Å²) in [4.78, 5) is 24.9. The Morgan fingerprint density at radius 2 is 1.87 bits per heavy atom. The Bertz CT molecular complexity index is 855. The summed E-state index contributed by atoms with van der Waals surface area (Å²) in [6.45, 7) is 7.54. The Labute approximate surface area is 183 Å². The van der Waals surface area contributed by atoms with Gasteiger partial charge in [0, 0.05) is 13.2 Å². The van der Waals surface area contributed by atoms with Crippen molar-refractivity contribution in [2.24, 2.45) is 5.92 Å². The van der Waals surface area contributed by atoms with Gasteiger partial charge < -0.3 is 14.2 Å². The lowest BCUT2D eigenvalue weighted by Crippen LogP contribution is -2.29. The lowest BCUT2D eigenvalue weighted by Gasteiger charge is -2.25. The number of carbonyl (C=O) groups excluding carboxylic acids is 2. The largest absolute Gasteiger partial charge is 0.459 e. The van der Waals surface area contributed by atoms with E-state index in [9.17, 15) is 14.0 Å². The molecule has 0 aromatic heterocycles. The van der Waals surface area contributed by atoms with E-state index in [1.807, 2.05) is 20.8 Å². The van der Waals surface area contributed by atoms with Gasteiger partial charge in [0.15, 0.2) is 0 Å². The summed E-state index contributed by atoms with van der Waals surface area (Å²) in [5, 5.41) is 0. The van der Waals surface area contributed by atoms with E-state index in [-0.39, 0.29) is 23.7 Å². The molecule has 31 heavy (non-hydrogen) atoms. The monoisotopic (exact) mass is 430 g/mol. The normalized spacial score (nSPS) is 30.5. The summed E-state index contributed by atoms with van der Waals surface area (Å²) >= 11 is 0. The van der Waals surface area contributed by atoms with Crippen LogP contribution in [-0.4, -0.2) is 36.9 Å². The van der Waals surface area contributed by atoms with Crippen LogP contribution >= 0.6 is 0 Å². The van der Waals surface area contributed by atoms with E-state index in [0.29, 0.717) is 0 Å². The van der Waals surface area contributed by atoms with Crippen LogP contribution in [0.2, 0.25) is 0 Å². The molecule has 1 heterocycles. The zero-order valence-electron chi connectivity index (χ0n) is 18.8. The molecule has 2 rings (SSSR count). The minimum atomic E-state index is -1.25. The third-order valence-corrected chi connectivity index (χ3v) is 5.44. The van der Waals surface area contributed by atoms with Gasteiger partial charge in [-0.15, -0.1) is 0 Å². The van der Waals surface area contributed by atoms with Gasteiger partial charge in [0.05, 0.1) is 11.7 Å². The van der Waals surface area contributed by atoms with Crippen molar-refractivity contribution in [1.82, 2.24) is 0 Å². The second-order valence-electron chi connectivity index (χ2n) is 8.07. The fourth-order valence-electron chi connectivity index (χ4n) is 3.16. The molecular formula is C25H31FO5. The predicted octanol–water partition coefficient (Wildman–Crippen LogP) is 5.18. The Balaban J connectivity index is 2.36. The van der Waals surface area contributed by atoms with Crippen LogP contribution in [-0.2, 0) is 19.0 Å². The highest BCUT2D eigenvalue weighted by atomic mass is 19.1. The first-order chi connectivity index (χ1) is 14.6. The van der Waals surface area contributed by atoms with E-state index in [1.165, 1.54) is 36.4 Å². The zero-order chi connectivity index (χ0) is 23.0. The molecule has 0 unspecified atom stereocenters. The second-order valence-corrected chi connectivity index (χ2v) is 8.07. The quantitative estimate of drug-likeness (QED) is 0.489. The number of hydrogen-bond acceptors (Lipinski definition) is 5. The fraction of sp³-hybridized carbons (Fsp3) is 0.440. The smallest absolute Gasteiger partial charge is 0.339 e. The number of esters is 2. The first kappa shape index (κ1) is 24.5. The third-order valence-electron chi connectivity index (χ3n) is 5.44. The summed E-state index contributed by atoms with van der Waals surface area (Å²) in [5.41, 5.74) is -0.0161. The summed E-state index contributed by atoms with van der Waals surface area (Å²) in [6.07, 6.45) is 9.45. The average Bonchev–Trinajstić information content (AvgIpc) is 2.72. The number of hydrogen-bond donors (Lipinski definition) is 0. The highest BCUT2D eigenvalue weighted by Crippen LogP contribution is 2.22. The van der Waals surface area contributed by atoms with Gasteiger partial charge in [-0.05, 0) is 81.5 Å². The number of methoxy groups -OCH3 is 1. The first-order valence-electron chi connectivity index (χ1n) is 10.4. The number of cyclic esters (lactones) is 1.